The number of nitrogens with one attached hydrogen (secondary N) is 1. The topological polar surface area (TPSA) is 32.3 Å². The van der Waals surface area contributed by atoms with Gasteiger partial charge in [0.25, 0.3) is 0 Å². The van der Waals surface area contributed by atoms with Crippen LogP contribution in [-0.2, 0) is 0 Å². The van der Waals surface area contributed by atoms with Crippen LogP contribution in [0.2, 0.25) is 0 Å². The summed E-state index contributed by atoms with van der Waals surface area (Å²) in [4.78, 5) is 0. The van der Waals surface area contributed by atoms with Gasteiger partial charge in [-0.05, 0) is 25.6 Å². The van der Waals surface area contributed by atoms with Crippen LogP contribution in [-0.4, -0.2) is 30.1 Å². The summed E-state index contributed by atoms with van der Waals surface area (Å²) < 4.78 is 0. The summed E-state index contributed by atoms with van der Waals surface area (Å²) in [5.74, 6) is 0.908. The highest BCUT2D eigenvalue weighted by Gasteiger charge is 1.94. The number of hydrogen-bond acceptors (Lipinski definition) is 3. The monoisotopic (exact) mass is 149 g/mol. The Morgan fingerprint density at radius 1 is 1.67 bits per heavy atom. The molecular formula is C6H15NOS. The maximum atomic E-state index is 8.55. The molecule has 1 unspecified atom stereocenters. The molecule has 0 fully saturated rings. The largest absolute Gasteiger partial charge is 0.395 e. The molecule has 0 bridgehead atoms. The number of thiol groups is 1. The third-order valence-corrected chi connectivity index (χ3v) is 1.42. The lowest BCUT2D eigenvalue weighted by Crippen LogP contribution is -2.30. The molecule has 0 aliphatic rings. The van der Waals surface area contributed by atoms with Gasteiger partial charge in [0.1, 0.15) is 0 Å². The zero-order valence-corrected chi connectivity index (χ0v) is 6.69. The van der Waals surface area contributed by atoms with Crippen molar-refractivity contribution in [1.29, 1.82) is 0 Å². The summed E-state index contributed by atoms with van der Waals surface area (Å²) in [6.45, 7) is 3.12. The second-order valence-corrected chi connectivity index (χ2v) is 2.56. The fourth-order valence-electron chi connectivity index (χ4n) is 0.492. The highest BCUT2D eigenvalue weighted by atomic mass is 32.1. The Balaban J connectivity index is 2.88. The minimum absolute atomic E-state index is 0.215. The number of aliphatic hydroxyl groups excluding tert-OH is 1. The summed E-state index contributed by atoms with van der Waals surface area (Å²) in [6, 6.07) is 0.227. The number of aliphatic hydroxyl groups is 1. The van der Waals surface area contributed by atoms with Crippen molar-refractivity contribution in [3.8, 4) is 0 Å². The molecule has 0 aliphatic carbocycles. The average molecular weight is 149 g/mol. The van der Waals surface area contributed by atoms with Crippen molar-refractivity contribution in [2.75, 3.05) is 18.9 Å². The molecule has 0 saturated carbocycles. The average Bonchev–Trinajstić information content (AvgIpc) is 1.89. The highest BCUT2D eigenvalue weighted by Crippen LogP contribution is 1.82. The number of rotatable bonds is 5. The van der Waals surface area contributed by atoms with E-state index in [9.17, 15) is 0 Å². The fourth-order valence-corrected chi connectivity index (χ4v) is 0.650. The Morgan fingerprint density at radius 2 is 2.33 bits per heavy atom. The molecule has 0 radical (unpaired) electrons. The van der Waals surface area contributed by atoms with Gasteiger partial charge in [-0.25, -0.2) is 0 Å². The van der Waals surface area contributed by atoms with Crippen molar-refractivity contribution in [2.45, 2.75) is 19.4 Å². The van der Waals surface area contributed by atoms with E-state index in [1.54, 1.807) is 0 Å². The lowest BCUT2D eigenvalue weighted by molar-refractivity contribution is 0.252. The molecule has 0 heterocycles. The first-order valence-electron chi connectivity index (χ1n) is 3.26. The Hall–Kier alpha value is 0.270. The van der Waals surface area contributed by atoms with Crippen LogP contribution < -0.4 is 5.32 Å². The lowest BCUT2D eigenvalue weighted by atomic mass is 10.3. The van der Waals surface area contributed by atoms with Crippen LogP contribution >= 0.6 is 12.6 Å². The molecule has 0 rings (SSSR count). The third kappa shape index (κ3) is 6.15. The lowest BCUT2D eigenvalue weighted by Gasteiger charge is -2.08. The first-order chi connectivity index (χ1) is 4.31. The van der Waals surface area contributed by atoms with Gasteiger partial charge in [-0.3, -0.25) is 0 Å². The van der Waals surface area contributed by atoms with Crippen LogP contribution in [0.5, 0.6) is 0 Å². The van der Waals surface area contributed by atoms with E-state index in [0.717, 1.165) is 18.7 Å². The first-order valence-corrected chi connectivity index (χ1v) is 3.89. The molecule has 0 aromatic rings. The molecule has 2 nitrogen and oxygen atoms in total. The smallest absolute Gasteiger partial charge is 0.0581 e. The molecule has 0 aromatic carbocycles. The molecule has 0 amide bonds. The maximum absolute atomic E-state index is 8.55. The predicted octanol–water partition coefficient (Wildman–Crippen LogP) is 0.277. The van der Waals surface area contributed by atoms with Crippen molar-refractivity contribution in [3.63, 3.8) is 0 Å². The van der Waals surface area contributed by atoms with Crippen LogP contribution in [0.25, 0.3) is 0 Å². The first kappa shape index (κ1) is 9.27. The van der Waals surface area contributed by atoms with E-state index < -0.39 is 0 Å². The van der Waals surface area contributed by atoms with Gasteiger partial charge in [0.15, 0.2) is 0 Å². The van der Waals surface area contributed by atoms with Crippen LogP contribution in [0.15, 0.2) is 0 Å². The summed E-state index contributed by atoms with van der Waals surface area (Å²) >= 11 is 4.05. The van der Waals surface area contributed by atoms with E-state index in [4.69, 9.17) is 5.11 Å². The molecular weight excluding hydrogens is 134 g/mol. The van der Waals surface area contributed by atoms with Gasteiger partial charge in [-0.2, -0.15) is 12.6 Å². The van der Waals surface area contributed by atoms with Gasteiger partial charge in [0, 0.05) is 6.04 Å². The normalized spacial score (nSPS) is 13.7. The van der Waals surface area contributed by atoms with Crippen LogP contribution in [0.1, 0.15) is 13.3 Å². The molecule has 1 atom stereocenters. The van der Waals surface area contributed by atoms with Crippen molar-refractivity contribution in [1.82, 2.24) is 5.32 Å². The number of hydrogen-bond donors (Lipinski definition) is 3. The predicted molar refractivity (Wildman–Crippen MR) is 43.0 cm³/mol. The maximum Gasteiger partial charge on any atom is 0.0581 e. The Labute approximate surface area is 62.1 Å². The van der Waals surface area contributed by atoms with Gasteiger partial charge < -0.3 is 10.4 Å². The fraction of sp³-hybridized carbons (Fsp3) is 1.00. The zero-order chi connectivity index (χ0) is 7.11. The van der Waals surface area contributed by atoms with Crippen molar-refractivity contribution < 1.29 is 5.11 Å². The third-order valence-electron chi connectivity index (χ3n) is 1.10. The molecule has 0 spiro atoms. The Morgan fingerprint density at radius 3 is 2.78 bits per heavy atom. The molecule has 56 valence electrons. The van der Waals surface area contributed by atoms with Gasteiger partial charge in [0.2, 0.25) is 0 Å². The molecule has 2 N–H and O–H groups in total. The second-order valence-electron chi connectivity index (χ2n) is 2.11. The highest BCUT2D eigenvalue weighted by molar-refractivity contribution is 7.80. The minimum Gasteiger partial charge on any atom is -0.395 e. The molecule has 0 saturated heterocycles. The summed E-state index contributed by atoms with van der Waals surface area (Å²) in [5, 5.41) is 11.7. The summed E-state index contributed by atoms with van der Waals surface area (Å²) in [6.07, 6.45) is 1.06. The van der Waals surface area contributed by atoms with Gasteiger partial charge in [0.05, 0.1) is 6.61 Å². The van der Waals surface area contributed by atoms with Gasteiger partial charge in [-0.15, -0.1) is 0 Å². The van der Waals surface area contributed by atoms with Crippen molar-refractivity contribution in [3.05, 3.63) is 0 Å². The molecule has 3 heteroatoms. The summed E-state index contributed by atoms with van der Waals surface area (Å²) in [5.41, 5.74) is 0. The van der Waals surface area contributed by atoms with Crippen LogP contribution in [0, 0.1) is 0 Å². The van der Waals surface area contributed by atoms with Crippen LogP contribution in [0.3, 0.4) is 0 Å². The van der Waals surface area contributed by atoms with E-state index in [-0.39, 0.29) is 12.6 Å². The SMILES string of the molecule is CC(CO)NCCCS. The van der Waals surface area contributed by atoms with E-state index in [1.165, 1.54) is 0 Å². The van der Waals surface area contributed by atoms with Gasteiger partial charge >= 0.3 is 0 Å². The zero-order valence-electron chi connectivity index (χ0n) is 5.80. The van der Waals surface area contributed by atoms with Gasteiger partial charge in [-0.1, -0.05) is 0 Å². The Bertz CT molecular complexity index is 61.0. The van der Waals surface area contributed by atoms with E-state index in [2.05, 4.69) is 17.9 Å². The minimum atomic E-state index is 0.215. The van der Waals surface area contributed by atoms with Crippen molar-refractivity contribution in [2.24, 2.45) is 0 Å². The van der Waals surface area contributed by atoms with Crippen LogP contribution in [0.4, 0.5) is 0 Å². The standard InChI is InChI=1S/C6H15NOS/c1-6(5-8)7-3-2-4-9/h6-9H,2-5H2,1H3. The molecule has 0 aliphatic heterocycles. The quantitative estimate of drug-likeness (QED) is 0.387. The van der Waals surface area contributed by atoms with E-state index in [1.807, 2.05) is 6.92 Å². The summed E-state index contributed by atoms with van der Waals surface area (Å²) in [7, 11) is 0. The second kappa shape index (κ2) is 6.39. The molecule has 0 aromatic heterocycles. The molecule has 9 heavy (non-hydrogen) atoms. The Kier molecular flexibility index (Phi) is 6.58. The van der Waals surface area contributed by atoms with Crippen molar-refractivity contribution >= 4 is 12.6 Å². The van der Waals surface area contributed by atoms with E-state index in [0.29, 0.717) is 0 Å². The van der Waals surface area contributed by atoms with E-state index >= 15 is 0 Å².